The Morgan fingerprint density at radius 3 is 2.56 bits per heavy atom. The van der Waals surface area contributed by atoms with Gasteiger partial charge in [-0.1, -0.05) is 6.07 Å². The number of anilines is 1. The van der Waals surface area contributed by atoms with Crippen LogP contribution in [0.5, 0.6) is 5.75 Å². The third-order valence-corrected chi connectivity index (χ3v) is 4.83. The molecular formula is C18H23N3O4. The maximum absolute atomic E-state index is 12.5. The summed E-state index contributed by atoms with van der Waals surface area (Å²) in [5, 5.41) is 2.88. The molecule has 3 amide bonds. The molecule has 1 aromatic rings. The van der Waals surface area contributed by atoms with E-state index < -0.39 is 0 Å². The van der Waals surface area contributed by atoms with Crippen LogP contribution >= 0.6 is 0 Å². The van der Waals surface area contributed by atoms with E-state index in [1.54, 1.807) is 16.9 Å². The van der Waals surface area contributed by atoms with Crippen LogP contribution in [0.2, 0.25) is 0 Å². The molecule has 1 heterocycles. The van der Waals surface area contributed by atoms with Gasteiger partial charge in [-0.3, -0.25) is 14.4 Å². The summed E-state index contributed by atoms with van der Waals surface area (Å²) < 4.78 is 5.27. The lowest BCUT2D eigenvalue weighted by atomic mass is 10.2. The number of aryl methyl sites for hydroxylation is 1. The van der Waals surface area contributed by atoms with Crippen molar-refractivity contribution in [2.75, 3.05) is 38.6 Å². The average Bonchev–Trinajstić information content (AvgIpc) is 3.42. The minimum atomic E-state index is -0.290. The van der Waals surface area contributed by atoms with Crippen LogP contribution in [0.3, 0.4) is 0 Å². The number of ether oxygens (including phenoxy) is 1. The lowest BCUT2D eigenvalue weighted by molar-refractivity contribution is -0.137. The predicted octanol–water partition coefficient (Wildman–Crippen LogP) is 0.879. The molecular weight excluding hydrogens is 322 g/mol. The number of methoxy groups -OCH3 is 1. The van der Waals surface area contributed by atoms with Gasteiger partial charge in [-0.05, 0) is 31.0 Å². The third-order valence-electron chi connectivity index (χ3n) is 4.83. The number of amides is 3. The van der Waals surface area contributed by atoms with Gasteiger partial charge >= 0.3 is 0 Å². The monoisotopic (exact) mass is 345 g/mol. The standard InChI is InChI=1S/C18H23N3O4/c1-12-3-4-16(25-2)15(9-12)19-17(23)13-10-14(13)18(24)21-7-5-20(11-22)6-8-21/h3-4,9,11,13-14H,5-8,10H2,1-2H3,(H,19,23). The van der Waals surface area contributed by atoms with Gasteiger partial charge in [0, 0.05) is 26.2 Å². The molecule has 0 aromatic heterocycles. The minimum Gasteiger partial charge on any atom is -0.495 e. The Morgan fingerprint density at radius 2 is 1.92 bits per heavy atom. The summed E-state index contributed by atoms with van der Waals surface area (Å²) in [4.78, 5) is 39.1. The molecule has 7 nitrogen and oxygen atoms in total. The molecule has 1 saturated carbocycles. The molecule has 0 bridgehead atoms. The first-order chi connectivity index (χ1) is 12.0. The van der Waals surface area contributed by atoms with Crippen LogP contribution in [0.25, 0.3) is 0 Å². The van der Waals surface area contributed by atoms with E-state index in [-0.39, 0.29) is 23.7 Å². The zero-order chi connectivity index (χ0) is 18.0. The maximum Gasteiger partial charge on any atom is 0.228 e. The van der Waals surface area contributed by atoms with E-state index in [1.807, 2.05) is 25.1 Å². The number of benzene rings is 1. The fourth-order valence-electron chi connectivity index (χ4n) is 3.18. The van der Waals surface area contributed by atoms with E-state index in [9.17, 15) is 14.4 Å². The van der Waals surface area contributed by atoms with E-state index in [2.05, 4.69) is 5.32 Å². The van der Waals surface area contributed by atoms with Gasteiger partial charge in [-0.15, -0.1) is 0 Å². The molecule has 1 saturated heterocycles. The second-order valence-corrected chi connectivity index (χ2v) is 6.61. The SMILES string of the molecule is COc1ccc(C)cc1NC(=O)C1CC1C(=O)N1CCN(C=O)CC1. The molecule has 1 N–H and O–H groups in total. The average molecular weight is 345 g/mol. The molecule has 0 spiro atoms. The summed E-state index contributed by atoms with van der Waals surface area (Å²) in [6.07, 6.45) is 1.39. The minimum absolute atomic E-state index is 0.0157. The van der Waals surface area contributed by atoms with E-state index in [1.165, 1.54) is 0 Å². The highest BCUT2D eigenvalue weighted by Crippen LogP contribution is 2.41. The zero-order valence-corrected chi connectivity index (χ0v) is 14.5. The van der Waals surface area contributed by atoms with Crippen LogP contribution in [0, 0.1) is 18.8 Å². The van der Waals surface area contributed by atoms with Crippen molar-refractivity contribution in [1.82, 2.24) is 9.80 Å². The molecule has 134 valence electrons. The molecule has 2 unspecified atom stereocenters. The van der Waals surface area contributed by atoms with Gasteiger partial charge in [0.2, 0.25) is 18.2 Å². The second-order valence-electron chi connectivity index (χ2n) is 6.61. The van der Waals surface area contributed by atoms with Gasteiger partial charge in [-0.25, -0.2) is 0 Å². The normalized spacial score (nSPS) is 22.3. The summed E-state index contributed by atoms with van der Waals surface area (Å²) in [5.74, 6) is -0.0662. The predicted molar refractivity (Wildman–Crippen MR) is 92.2 cm³/mol. The van der Waals surface area contributed by atoms with Crippen LogP contribution in [-0.4, -0.2) is 61.3 Å². The van der Waals surface area contributed by atoms with Gasteiger partial charge in [0.25, 0.3) is 0 Å². The molecule has 25 heavy (non-hydrogen) atoms. The maximum atomic E-state index is 12.5. The summed E-state index contributed by atoms with van der Waals surface area (Å²) in [6, 6.07) is 5.58. The molecule has 2 atom stereocenters. The van der Waals surface area contributed by atoms with E-state index in [0.29, 0.717) is 44.0 Å². The number of piperazine rings is 1. The lowest BCUT2D eigenvalue weighted by Gasteiger charge is -2.32. The highest BCUT2D eigenvalue weighted by atomic mass is 16.5. The van der Waals surface area contributed by atoms with Gasteiger partial charge in [-0.2, -0.15) is 0 Å². The fourth-order valence-corrected chi connectivity index (χ4v) is 3.18. The third kappa shape index (κ3) is 3.75. The van der Waals surface area contributed by atoms with Crippen LogP contribution in [0.15, 0.2) is 18.2 Å². The van der Waals surface area contributed by atoms with E-state index in [4.69, 9.17) is 4.74 Å². The summed E-state index contributed by atoms with van der Waals surface area (Å²) in [5.41, 5.74) is 1.65. The van der Waals surface area contributed by atoms with Gasteiger partial charge in [0.15, 0.2) is 0 Å². The largest absolute Gasteiger partial charge is 0.495 e. The van der Waals surface area contributed by atoms with Crippen molar-refractivity contribution in [3.05, 3.63) is 23.8 Å². The lowest BCUT2D eigenvalue weighted by Crippen LogP contribution is -2.48. The van der Waals surface area contributed by atoms with Gasteiger partial charge in [0.05, 0.1) is 24.6 Å². The van der Waals surface area contributed by atoms with Crippen molar-refractivity contribution in [3.63, 3.8) is 0 Å². The highest BCUT2D eigenvalue weighted by Gasteiger charge is 2.49. The van der Waals surface area contributed by atoms with E-state index >= 15 is 0 Å². The molecule has 1 aliphatic carbocycles. The second kappa shape index (κ2) is 7.13. The Balaban J connectivity index is 1.56. The van der Waals surface area contributed by atoms with Gasteiger partial charge < -0.3 is 19.9 Å². The molecule has 7 heteroatoms. The summed E-state index contributed by atoms with van der Waals surface area (Å²) >= 11 is 0. The molecule has 3 rings (SSSR count). The molecule has 2 aliphatic rings. The van der Waals surface area contributed by atoms with E-state index in [0.717, 1.165) is 12.0 Å². The number of hydrogen-bond acceptors (Lipinski definition) is 4. The van der Waals surface area contributed by atoms with Crippen molar-refractivity contribution >= 4 is 23.9 Å². The topological polar surface area (TPSA) is 79.0 Å². The quantitative estimate of drug-likeness (QED) is 0.804. The first-order valence-electron chi connectivity index (χ1n) is 8.47. The van der Waals surface area contributed by atoms with Crippen molar-refractivity contribution in [1.29, 1.82) is 0 Å². The van der Waals surface area contributed by atoms with Crippen molar-refractivity contribution in [2.24, 2.45) is 11.8 Å². The summed E-state index contributed by atoms with van der Waals surface area (Å²) in [6.45, 7) is 4.12. The van der Waals surface area contributed by atoms with Crippen LogP contribution in [0.1, 0.15) is 12.0 Å². The number of carbonyl (C=O) groups excluding carboxylic acids is 3. The van der Waals surface area contributed by atoms with Crippen LogP contribution < -0.4 is 10.1 Å². The summed E-state index contributed by atoms with van der Waals surface area (Å²) in [7, 11) is 1.56. The zero-order valence-electron chi connectivity index (χ0n) is 14.5. The Morgan fingerprint density at radius 1 is 1.20 bits per heavy atom. The number of carbonyl (C=O) groups is 3. The Labute approximate surface area is 146 Å². The highest BCUT2D eigenvalue weighted by molar-refractivity contribution is 6.00. The molecule has 1 aliphatic heterocycles. The molecule has 2 fully saturated rings. The Bertz CT molecular complexity index is 683. The van der Waals surface area contributed by atoms with Crippen molar-refractivity contribution in [2.45, 2.75) is 13.3 Å². The number of hydrogen-bond donors (Lipinski definition) is 1. The molecule has 0 radical (unpaired) electrons. The van der Waals surface area contributed by atoms with Gasteiger partial charge in [0.1, 0.15) is 5.75 Å². The van der Waals surface area contributed by atoms with Crippen molar-refractivity contribution < 1.29 is 19.1 Å². The smallest absolute Gasteiger partial charge is 0.228 e. The first kappa shape index (κ1) is 17.3. The number of rotatable bonds is 5. The Hall–Kier alpha value is -2.57. The Kier molecular flexibility index (Phi) is 4.92. The van der Waals surface area contributed by atoms with Crippen molar-refractivity contribution in [3.8, 4) is 5.75 Å². The number of nitrogens with one attached hydrogen (secondary N) is 1. The number of nitrogens with zero attached hydrogens (tertiary/aromatic N) is 2. The fraction of sp³-hybridized carbons (Fsp3) is 0.500. The first-order valence-corrected chi connectivity index (χ1v) is 8.47. The van der Waals surface area contributed by atoms with Crippen LogP contribution in [-0.2, 0) is 14.4 Å². The molecule has 1 aromatic carbocycles. The van der Waals surface area contributed by atoms with Crippen LogP contribution in [0.4, 0.5) is 5.69 Å².